The molecule has 1 aromatic carbocycles. The van der Waals surface area contributed by atoms with Gasteiger partial charge in [0.15, 0.2) is 5.82 Å². The van der Waals surface area contributed by atoms with Crippen molar-refractivity contribution in [2.45, 2.75) is 20.4 Å². The van der Waals surface area contributed by atoms with E-state index in [1.807, 2.05) is 38.1 Å². The minimum absolute atomic E-state index is 0.300. The summed E-state index contributed by atoms with van der Waals surface area (Å²) in [5, 5.41) is 16.2. The quantitative estimate of drug-likeness (QED) is 0.798. The van der Waals surface area contributed by atoms with E-state index in [-0.39, 0.29) is 0 Å². The number of aryl methyl sites for hydroxylation is 2. The second-order valence-electron chi connectivity index (χ2n) is 5.52. The Bertz CT molecular complexity index is 906. The van der Waals surface area contributed by atoms with Crippen LogP contribution >= 0.6 is 0 Å². The predicted octanol–water partition coefficient (Wildman–Crippen LogP) is 3.51. The van der Waals surface area contributed by atoms with Gasteiger partial charge >= 0.3 is 0 Å². The van der Waals surface area contributed by atoms with E-state index in [4.69, 9.17) is 5.26 Å². The summed E-state index contributed by atoms with van der Waals surface area (Å²) < 4.78 is 15.6. The first kappa shape index (κ1) is 15.7. The molecule has 0 aliphatic rings. The largest absolute Gasteiger partial charge is 0.379 e. The maximum absolute atomic E-state index is 13.8. The molecule has 3 rings (SSSR count). The number of nitrogens with zero attached hydrogens (tertiary/aromatic N) is 4. The van der Waals surface area contributed by atoms with E-state index in [1.54, 1.807) is 23.0 Å². The number of nitrogens with one attached hydrogen (secondary N) is 1. The molecule has 0 atom stereocenters. The number of pyridine rings is 1. The zero-order chi connectivity index (χ0) is 17.1. The highest BCUT2D eigenvalue weighted by Crippen LogP contribution is 2.17. The van der Waals surface area contributed by atoms with Gasteiger partial charge in [0.1, 0.15) is 5.82 Å². The zero-order valence-electron chi connectivity index (χ0n) is 13.4. The molecular formula is C18H16FN5. The number of aromatic nitrogens is 3. The zero-order valence-corrected chi connectivity index (χ0v) is 13.4. The van der Waals surface area contributed by atoms with E-state index >= 15 is 0 Å². The van der Waals surface area contributed by atoms with Crippen LogP contribution in [0, 0.1) is 31.0 Å². The molecule has 0 bridgehead atoms. The molecule has 0 fully saturated rings. The van der Waals surface area contributed by atoms with Gasteiger partial charge in [-0.3, -0.25) is 0 Å². The van der Waals surface area contributed by atoms with Crippen molar-refractivity contribution in [2.24, 2.45) is 0 Å². The van der Waals surface area contributed by atoms with E-state index < -0.39 is 5.82 Å². The Morgan fingerprint density at radius 1 is 1.21 bits per heavy atom. The second-order valence-corrected chi connectivity index (χ2v) is 5.52. The number of benzene rings is 1. The van der Waals surface area contributed by atoms with Crippen LogP contribution in [-0.2, 0) is 6.54 Å². The highest BCUT2D eigenvalue weighted by molar-refractivity contribution is 5.49. The summed E-state index contributed by atoms with van der Waals surface area (Å²) in [7, 11) is 0. The van der Waals surface area contributed by atoms with Crippen LogP contribution < -0.4 is 5.32 Å². The number of nitriles is 1. The van der Waals surface area contributed by atoms with Gasteiger partial charge in [-0.05, 0) is 49.7 Å². The van der Waals surface area contributed by atoms with E-state index in [0.717, 1.165) is 22.8 Å². The molecule has 0 aliphatic carbocycles. The van der Waals surface area contributed by atoms with Crippen LogP contribution in [0.25, 0.3) is 5.82 Å². The van der Waals surface area contributed by atoms with E-state index in [9.17, 15) is 4.39 Å². The topological polar surface area (TPSA) is 66.5 Å². The van der Waals surface area contributed by atoms with Crippen molar-refractivity contribution in [3.63, 3.8) is 0 Å². The molecule has 0 amide bonds. The van der Waals surface area contributed by atoms with Gasteiger partial charge in [0.25, 0.3) is 0 Å². The molecule has 0 saturated heterocycles. The minimum atomic E-state index is -0.443. The third-order valence-corrected chi connectivity index (χ3v) is 3.62. The Balaban J connectivity index is 1.71. The van der Waals surface area contributed by atoms with Gasteiger partial charge in [0, 0.05) is 18.4 Å². The smallest absolute Gasteiger partial charge is 0.153 e. The molecule has 0 aliphatic heterocycles. The Morgan fingerprint density at radius 3 is 2.62 bits per heavy atom. The fourth-order valence-corrected chi connectivity index (χ4v) is 2.43. The molecule has 0 radical (unpaired) electrons. The van der Waals surface area contributed by atoms with Crippen LogP contribution in [0.5, 0.6) is 0 Å². The third-order valence-electron chi connectivity index (χ3n) is 3.62. The van der Waals surface area contributed by atoms with Crippen LogP contribution in [0.1, 0.15) is 22.5 Å². The summed E-state index contributed by atoms with van der Waals surface area (Å²) in [6, 6.07) is 12.1. The van der Waals surface area contributed by atoms with Crippen molar-refractivity contribution in [1.29, 1.82) is 5.26 Å². The van der Waals surface area contributed by atoms with E-state index in [2.05, 4.69) is 15.4 Å². The molecular weight excluding hydrogens is 305 g/mol. The lowest BCUT2D eigenvalue weighted by atomic mass is 10.2. The monoisotopic (exact) mass is 321 g/mol. The van der Waals surface area contributed by atoms with Crippen LogP contribution in [0.15, 0.2) is 42.6 Å². The SMILES string of the molecule is Cc1cc(C)n(-c2ccc(CNc3ccc(C#N)cc3F)cn2)n1. The molecule has 3 aromatic rings. The fourth-order valence-electron chi connectivity index (χ4n) is 2.43. The van der Waals surface area contributed by atoms with Gasteiger partial charge in [-0.1, -0.05) is 6.07 Å². The molecule has 24 heavy (non-hydrogen) atoms. The fraction of sp³-hybridized carbons (Fsp3) is 0.167. The first-order chi connectivity index (χ1) is 11.6. The van der Waals surface area contributed by atoms with Crippen molar-refractivity contribution in [3.8, 4) is 11.9 Å². The van der Waals surface area contributed by atoms with Crippen LogP contribution in [0.3, 0.4) is 0 Å². The standard InChI is InChI=1S/C18H16FN5/c1-12-7-13(2)24(23-12)18-6-4-15(11-22-18)10-21-17-5-3-14(9-20)8-16(17)19/h3-8,11,21H,10H2,1-2H3. The molecule has 0 spiro atoms. The van der Waals surface area contributed by atoms with Gasteiger partial charge in [0.05, 0.1) is 23.0 Å². The first-order valence-electron chi connectivity index (χ1n) is 7.49. The average molecular weight is 321 g/mol. The first-order valence-corrected chi connectivity index (χ1v) is 7.49. The summed E-state index contributed by atoms with van der Waals surface area (Å²) in [5.41, 5.74) is 3.54. The Kier molecular flexibility index (Phi) is 4.25. The van der Waals surface area contributed by atoms with Crippen molar-refractivity contribution < 1.29 is 4.39 Å². The maximum atomic E-state index is 13.8. The molecule has 2 heterocycles. The predicted molar refractivity (Wildman–Crippen MR) is 89.3 cm³/mol. The molecule has 2 aromatic heterocycles. The Morgan fingerprint density at radius 2 is 2.04 bits per heavy atom. The Labute approximate surface area is 139 Å². The number of hydrogen-bond acceptors (Lipinski definition) is 4. The summed E-state index contributed by atoms with van der Waals surface area (Å²) in [5.74, 6) is 0.301. The molecule has 5 nitrogen and oxygen atoms in total. The third kappa shape index (κ3) is 3.25. The normalized spacial score (nSPS) is 10.4. The van der Waals surface area contributed by atoms with Gasteiger partial charge in [-0.15, -0.1) is 0 Å². The number of anilines is 1. The van der Waals surface area contributed by atoms with Crippen LogP contribution in [-0.4, -0.2) is 14.8 Å². The minimum Gasteiger partial charge on any atom is -0.379 e. The Hall–Kier alpha value is -3.20. The average Bonchev–Trinajstić information content (AvgIpc) is 2.92. The van der Waals surface area contributed by atoms with Crippen LogP contribution in [0.4, 0.5) is 10.1 Å². The van der Waals surface area contributed by atoms with Crippen molar-refractivity contribution in [3.05, 3.63) is 70.9 Å². The van der Waals surface area contributed by atoms with Crippen molar-refractivity contribution in [2.75, 3.05) is 5.32 Å². The summed E-state index contributed by atoms with van der Waals surface area (Å²) in [4.78, 5) is 4.41. The summed E-state index contributed by atoms with van der Waals surface area (Å²) >= 11 is 0. The van der Waals surface area contributed by atoms with Crippen molar-refractivity contribution >= 4 is 5.69 Å². The lowest BCUT2D eigenvalue weighted by Crippen LogP contribution is -2.05. The molecule has 0 unspecified atom stereocenters. The summed E-state index contributed by atoms with van der Waals surface area (Å²) in [6.45, 7) is 4.35. The lowest BCUT2D eigenvalue weighted by molar-refractivity contribution is 0.629. The van der Waals surface area contributed by atoms with Gasteiger partial charge < -0.3 is 5.32 Å². The number of hydrogen-bond donors (Lipinski definition) is 1. The van der Waals surface area contributed by atoms with Crippen molar-refractivity contribution in [1.82, 2.24) is 14.8 Å². The number of halogens is 1. The second kappa shape index (κ2) is 6.50. The number of rotatable bonds is 4. The van der Waals surface area contributed by atoms with Gasteiger partial charge in [-0.2, -0.15) is 10.4 Å². The van der Waals surface area contributed by atoms with Crippen LogP contribution in [0.2, 0.25) is 0 Å². The molecule has 0 saturated carbocycles. The lowest BCUT2D eigenvalue weighted by Gasteiger charge is -2.09. The highest BCUT2D eigenvalue weighted by Gasteiger charge is 2.06. The van der Waals surface area contributed by atoms with Gasteiger partial charge in [0.2, 0.25) is 0 Å². The van der Waals surface area contributed by atoms with Gasteiger partial charge in [-0.25, -0.2) is 14.1 Å². The molecule has 1 N–H and O–H groups in total. The van der Waals surface area contributed by atoms with E-state index in [0.29, 0.717) is 17.8 Å². The van der Waals surface area contributed by atoms with E-state index in [1.165, 1.54) is 6.07 Å². The summed E-state index contributed by atoms with van der Waals surface area (Å²) in [6.07, 6.45) is 1.74. The molecule has 6 heteroatoms. The highest BCUT2D eigenvalue weighted by atomic mass is 19.1. The maximum Gasteiger partial charge on any atom is 0.153 e. The molecule has 120 valence electrons.